The molecule has 122 valence electrons. The summed E-state index contributed by atoms with van der Waals surface area (Å²) < 4.78 is 0. The van der Waals surface area contributed by atoms with Crippen LogP contribution in [0, 0.1) is 22.8 Å². The van der Waals surface area contributed by atoms with Crippen LogP contribution in [0.4, 0.5) is 0 Å². The second-order valence-corrected chi connectivity index (χ2v) is 6.17. The fourth-order valence-corrected chi connectivity index (χ4v) is 3.36. The van der Waals surface area contributed by atoms with E-state index in [1.807, 2.05) is 12.1 Å². The Bertz CT molecular complexity index is 941. The summed E-state index contributed by atoms with van der Waals surface area (Å²) >= 11 is 0. The van der Waals surface area contributed by atoms with Crippen LogP contribution in [0.5, 0.6) is 0 Å². The summed E-state index contributed by atoms with van der Waals surface area (Å²) in [6, 6.07) is 9.14. The van der Waals surface area contributed by atoms with Crippen molar-refractivity contribution < 1.29 is 4.79 Å². The lowest BCUT2D eigenvalue weighted by Crippen LogP contribution is -2.37. The molecule has 1 saturated heterocycles. The molecule has 7 nitrogen and oxygen atoms in total. The molecular weight excluding hydrogens is 316 g/mol. The van der Waals surface area contributed by atoms with Crippen molar-refractivity contribution in [3.63, 3.8) is 0 Å². The van der Waals surface area contributed by atoms with Crippen molar-refractivity contribution in [1.29, 1.82) is 10.5 Å². The van der Waals surface area contributed by atoms with Crippen LogP contribution in [0.3, 0.4) is 0 Å². The van der Waals surface area contributed by atoms with Gasteiger partial charge in [-0.05, 0) is 24.6 Å². The number of likely N-dealkylation sites (tertiary alicyclic amines) is 1. The Kier molecular flexibility index (Phi) is 3.55. The van der Waals surface area contributed by atoms with Gasteiger partial charge >= 0.3 is 0 Å². The molecule has 2 aromatic heterocycles. The Morgan fingerprint density at radius 3 is 2.84 bits per heavy atom. The normalized spacial score (nSPS) is 18.8. The molecule has 0 bridgehead atoms. The van der Waals surface area contributed by atoms with Gasteiger partial charge in [0.1, 0.15) is 5.69 Å². The van der Waals surface area contributed by atoms with Crippen molar-refractivity contribution in [3.05, 3.63) is 47.3 Å². The fourth-order valence-electron chi connectivity index (χ4n) is 3.36. The van der Waals surface area contributed by atoms with Gasteiger partial charge in [0.2, 0.25) is 0 Å². The van der Waals surface area contributed by atoms with Gasteiger partial charge in [-0.15, -0.1) is 0 Å². The van der Waals surface area contributed by atoms with E-state index in [9.17, 15) is 4.79 Å². The maximum Gasteiger partial charge on any atom is 0.273 e. The van der Waals surface area contributed by atoms with Gasteiger partial charge in [0.25, 0.3) is 5.91 Å². The smallest absolute Gasteiger partial charge is 0.273 e. The van der Waals surface area contributed by atoms with E-state index in [0.717, 1.165) is 12.0 Å². The number of hydrogen-bond donors (Lipinski definition) is 0. The van der Waals surface area contributed by atoms with Crippen LogP contribution < -0.4 is 0 Å². The Morgan fingerprint density at radius 1 is 1.20 bits per heavy atom. The van der Waals surface area contributed by atoms with E-state index in [1.165, 1.54) is 0 Å². The lowest BCUT2D eigenvalue weighted by atomic mass is 10.1. The zero-order chi connectivity index (χ0) is 17.4. The van der Waals surface area contributed by atoms with Crippen LogP contribution in [0.2, 0.25) is 0 Å². The van der Waals surface area contributed by atoms with E-state index >= 15 is 0 Å². The number of carbonyl (C=O) groups excluding carboxylic acids is 1. The van der Waals surface area contributed by atoms with Crippen molar-refractivity contribution in [3.8, 4) is 23.7 Å². The zero-order valence-corrected chi connectivity index (χ0v) is 13.4. The highest BCUT2D eigenvalue weighted by Crippen LogP contribution is 2.29. The Hall–Kier alpha value is -3.45. The average molecular weight is 330 g/mol. The molecule has 2 aromatic rings. The summed E-state index contributed by atoms with van der Waals surface area (Å²) in [7, 11) is 0. The Balaban J connectivity index is 1.62. The van der Waals surface area contributed by atoms with Crippen LogP contribution in [0.1, 0.15) is 28.0 Å². The summed E-state index contributed by atoms with van der Waals surface area (Å²) in [6.45, 7) is 1.79. The van der Waals surface area contributed by atoms with Crippen LogP contribution in [0.25, 0.3) is 11.4 Å². The van der Waals surface area contributed by atoms with E-state index in [4.69, 9.17) is 10.5 Å². The van der Waals surface area contributed by atoms with Gasteiger partial charge in [0, 0.05) is 31.4 Å². The molecule has 2 aliphatic rings. The maximum atomic E-state index is 12.8. The topological polar surface area (TPSA) is 96.9 Å². The summed E-state index contributed by atoms with van der Waals surface area (Å²) in [5, 5.41) is 18.0. The number of amides is 1. The molecule has 0 aliphatic carbocycles. The molecule has 7 heteroatoms. The monoisotopic (exact) mass is 330 g/mol. The molecule has 2 aliphatic heterocycles. The lowest BCUT2D eigenvalue weighted by Gasteiger charge is -2.22. The third kappa shape index (κ3) is 2.56. The molecule has 4 rings (SSSR count). The van der Waals surface area contributed by atoms with Gasteiger partial charge in [0.05, 0.1) is 29.1 Å². The second-order valence-electron chi connectivity index (χ2n) is 6.17. The standard InChI is InChI=1S/C18H14N6O/c19-8-12-3-5-21-16(7-12)15-2-1-13-9-24(18(25)17(13)22-15)14-4-6-23(10-14)11-20/h1-3,5,7,14H,4,6,9-10H2. The third-order valence-electron chi connectivity index (χ3n) is 4.68. The number of rotatable bonds is 2. The predicted molar refractivity (Wildman–Crippen MR) is 87.6 cm³/mol. The second kappa shape index (κ2) is 5.88. The largest absolute Gasteiger partial charge is 0.328 e. The minimum Gasteiger partial charge on any atom is -0.328 e. The third-order valence-corrected chi connectivity index (χ3v) is 4.68. The molecule has 4 heterocycles. The quantitative estimate of drug-likeness (QED) is 0.775. The molecule has 1 unspecified atom stereocenters. The van der Waals surface area contributed by atoms with Gasteiger partial charge < -0.3 is 9.80 Å². The fraction of sp³-hybridized carbons (Fsp3) is 0.278. The molecule has 0 saturated carbocycles. The average Bonchev–Trinajstić information content (AvgIpc) is 3.26. The predicted octanol–water partition coefficient (Wildman–Crippen LogP) is 1.53. The molecule has 0 radical (unpaired) electrons. The van der Waals surface area contributed by atoms with E-state index in [2.05, 4.69) is 22.2 Å². The molecule has 25 heavy (non-hydrogen) atoms. The van der Waals surface area contributed by atoms with E-state index in [-0.39, 0.29) is 11.9 Å². The number of carbonyl (C=O) groups is 1. The SMILES string of the molecule is N#Cc1ccnc(-c2ccc3c(n2)C(=O)N(C2CCN(C#N)C2)C3)c1. The molecule has 0 aromatic carbocycles. The highest BCUT2D eigenvalue weighted by Gasteiger charge is 2.37. The van der Waals surface area contributed by atoms with Crippen LogP contribution >= 0.6 is 0 Å². The van der Waals surface area contributed by atoms with E-state index in [1.54, 1.807) is 28.1 Å². The van der Waals surface area contributed by atoms with Crippen LogP contribution in [-0.4, -0.2) is 44.8 Å². The zero-order valence-electron chi connectivity index (χ0n) is 13.4. The summed E-state index contributed by atoms with van der Waals surface area (Å²) in [6.07, 6.45) is 4.50. The van der Waals surface area contributed by atoms with Crippen molar-refractivity contribution in [1.82, 2.24) is 19.8 Å². The van der Waals surface area contributed by atoms with Crippen molar-refractivity contribution in [2.45, 2.75) is 19.0 Å². The number of fused-ring (bicyclic) bond motifs is 1. The minimum absolute atomic E-state index is 0.0461. The van der Waals surface area contributed by atoms with Gasteiger partial charge in [-0.2, -0.15) is 10.5 Å². The first-order chi connectivity index (χ1) is 12.2. The highest BCUT2D eigenvalue weighted by molar-refractivity contribution is 5.97. The first kappa shape index (κ1) is 15.1. The highest BCUT2D eigenvalue weighted by atomic mass is 16.2. The molecule has 1 fully saturated rings. The van der Waals surface area contributed by atoms with Gasteiger partial charge in [0.15, 0.2) is 6.19 Å². The Labute approximate surface area is 144 Å². The molecule has 1 atom stereocenters. The summed E-state index contributed by atoms with van der Waals surface area (Å²) in [4.78, 5) is 25.0. The van der Waals surface area contributed by atoms with E-state index in [0.29, 0.717) is 42.3 Å². The van der Waals surface area contributed by atoms with Crippen molar-refractivity contribution in [2.75, 3.05) is 13.1 Å². The number of aromatic nitrogens is 2. The van der Waals surface area contributed by atoms with Gasteiger partial charge in [-0.1, -0.05) is 6.07 Å². The molecule has 0 spiro atoms. The number of nitrogens with zero attached hydrogens (tertiary/aromatic N) is 6. The van der Waals surface area contributed by atoms with Crippen LogP contribution in [0.15, 0.2) is 30.5 Å². The Morgan fingerprint density at radius 2 is 2.08 bits per heavy atom. The first-order valence-electron chi connectivity index (χ1n) is 8.01. The van der Waals surface area contributed by atoms with E-state index < -0.39 is 0 Å². The summed E-state index contributed by atoms with van der Waals surface area (Å²) in [5.74, 6) is -0.0990. The van der Waals surface area contributed by atoms with Crippen molar-refractivity contribution in [2.24, 2.45) is 0 Å². The minimum atomic E-state index is -0.0990. The number of hydrogen-bond acceptors (Lipinski definition) is 6. The molecule has 0 N–H and O–H groups in total. The molecular formula is C18H14N6O. The van der Waals surface area contributed by atoms with Gasteiger partial charge in [-0.25, -0.2) is 4.98 Å². The van der Waals surface area contributed by atoms with Crippen molar-refractivity contribution >= 4 is 5.91 Å². The number of pyridine rings is 2. The van der Waals surface area contributed by atoms with Crippen LogP contribution in [-0.2, 0) is 6.54 Å². The maximum absolute atomic E-state index is 12.8. The number of nitriles is 2. The first-order valence-corrected chi connectivity index (χ1v) is 8.01. The summed E-state index contributed by atoms with van der Waals surface area (Å²) in [5.41, 5.74) is 2.99. The van der Waals surface area contributed by atoms with Gasteiger partial charge in [-0.3, -0.25) is 9.78 Å². The molecule has 1 amide bonds. The lowest BCUT2D eigenvalue weighted by molar-refractivity contribution is 0.0707.